The molecule has 0 aliphatic carbocycles. The summed E-state index contributed by atoms with van der Waals surface area (Å²) in [6, 6.07) is 19.7. The molecule has 124 valence electrons. The van der Waals surface area contributed by atoms with Crippen molar-refractivity contribution in [1.29, 1.82) is 0 Å². The highest BCUT2D eigenvalue weighted by atomic mass is 32.1. The summed E-state index contributed by atoms with van der Waals surface area (Å²) in [7, 11) is 0. The largest absolute Gasteiger partial charge is 0.247 e. The van der Waals surface area contributed by atoms with Gasteiger partial charge in [0.25, 0.3) is 0 Å². The maximum atomic E-state index is 4.94. The Morgan fingerprint density at radius 3 is 2.12 bits per heavy atom. The van der Waals surface area contributed by atoms with Gasteiger partial charge in [0, 0.05) is 10.4 Å². The van der Waals surface area contributed by atoms with Gasteiger partial charge < -0.3 is 0 Å². The molecule has 2 heteroatoms. The molecule has 2 heterocycles. The van der Waals surface area contributed by atoms with Crippen molar-refractivity contribution in [3.05, 3.63) is 76.9 Å². The lowest BCUT2D eigenvalue weighted by Gasteiger charge is -2.06. The van der Waals surface area contributed by atoms with Crippen LogP contribution in [0.4, 0.5) is 0 Å². The highest BCUT2D eigenvalue weighted by Gasteiger charge is 2.11. The van der Waals surface area contributed by atoms with Crippen LogP contribution >= 0.6 is 11.3 Å². The van der Waals surface area contributed by atoms with Gasteiger partial charge in [-0.25, -0.2) is 4.98 Å². The summed E-state index contributed by atoms with van der Waals surface area (Å²) in [5.74, 6) is 0. The van der Waals surface area contributed by atoms with Crippen molar-refractivity contribution in [2.75, 3.05) is 0 Å². The van der Waals surface area contributed by atoms with Gasteiger partial charge in [-0.3, -0.25) is 0 Å². The third-order valence-corrected chi connectivity index (χ3v) is 5.73. The Bertz CT molecular complexity index is 1050. The number of nitrogens with zero attached hydrogens (tertiary/aromatic N) is 1. The van der Waals surface area contributed by atoms with Gasteiger partial charge >= 0.3 is 0 Å². The van der Waals surface area contributed by atoms with E-state index in [2.05, 4.69) is 82.3 Å². The molecule has 0 unspecified atom stereocenters. The van der Waals surface area contributed by atoms with E-state index in [4.69, 9.17) is 4.98 Å². The molecular weight excluding hydrogens is 322 g/mol. The maximum absolute atomic E-state index is 4.94. The van der Waals surface area contributed by atoms with Gasteiger partial charge in [-0.2, -0.15) is 0 Å². The molecule has 2 aromatic carbocycles. The summed E-state index contributed by atoms with van der Waals surface area (Å²) in [6.07, 6.45) is 0. The van der Waals surface area contributed by atoms with Crippen LogP contribution in [0.5, 0.6) is 0 Å². The molecule has 0 bridgehead atoms. The SMILES string of the molecule is Cc1cc(C)cc(-c2ccc3sc(-c4c(C)cccc4C)cc3n2)c1. The molecule has 0 radical (unpaired) electrons. The summed E-state index contributed by atoms with van der Waals surface area (Å²) in [5, 5.41) is 0. The van der Waals surface area contributed by atoms with Gasteiger partial charge in [-0.1, -0.05) is 35.4 Å². The van der Waals surface area contributed by atoms with E-state index in [0.29, 0.717) is 0 Å². The van der Waals surface area contributed by atoms with Gasteiger partial charge in [0.1, 0.15) is 0 Å². The fourth-order valence-corrected chi connectivity index (χ4v) is 4.71. The number of thiophene rings is 1. The summed E-state index contributed by atoms with van der Waals surface area (Å²) < 4.78 is 1.24. The zero-order valence-corrected chi connectivity index (χ0v) is 15.9. The molecule has 1 nitrogen and oxygen atoms in total. The molecule has 0 N–H and O–H groups in total. The van der Waals surface area contributed by atoms with Crippen LogP contribution in [0.1, 0.15) is 22.3 Å². The molecule has 0 fully saturated rings. The van der Waals surface area contributed by atoms with Gasteiger partial charge in [0.2, 0.25) is 0 Å². The highest BCUT2D eigenvalue weighted by Crippen LogP contribution is 2.37. The zero-order chi connectivity index (χ0) is 17.6. The molecule has 25 heavy (non-hydrogen) atoms. The summed E-state index contributed by atoms with van der Waals surface area (Å²) in [4.78, 5) is 6.25. The maximum Gasteiger partial charge on any atom is 0.0823 e. The number of aromatic nitrogens is 1. The molecule has 0 saturated heterocycles. The Kier molecular flexibility index (Phi) is 3.93. The van der Waals surface area contributed by atoms with Gasteiger partial charge in [0.05, 0.1) is 15.9 Å². The first-order chi connectivity index (χ1) is 12.0. The van der Waals surface area contributed by atoms with Crippen LogP contribution in [0.25, 0.3) is 31.9 Å². The monoisotopic (exact) mass is 343 g/mol. The second-order valence-corrected chi connectivity index (χ2v) is 7.92. The number of hydrogen-bond acceptors (Lipinski definition) is 2. The van der Waals surface area contributed by atoms with Crippen molar-refractivity contribution in [1.82, 2.24) is 4.98 Å². The van der Waals surface area contributed by atoms with E-state index in [1.54, 1.807) is 0 Å². The predicted molar refractivity (Wildman–Crippen MR) is 109 cm³/mol. The number of hydrogen-bond donors (Lipinski definition) is 0. The number of rotatable bonds is 2. The summed E-state index contributed by atoms with van der Waals surface area (Å²) in [5.41, 5.74) is 9.86. The second-order valence-electron chi connectivity index (χ2n) is 6.83. The Morgan fingerprint density at radius 2 is 1.44 bits per heavy atom. The lowest BCUT2D eigenvalue weighted by atomic mass is 10.0. The molecule has 4 aromatic rings. The van der Waals surface area contributed by atoms with Gasteiger partial charge in [-0.15, -0.1) is 11.3 Å². The molecule has 0 amide bonds. The Labute approximate surface area is 153 Å². The molecule has 0 aliphatic heterocycles. The van der Waals surface area contributed by atoms with Gasteiger partial charge in [-0.05, 0) is 74.7 Å². The average Bonchev–Trinajstić information content (AvgIpc) is 2.96. The minimum Gasteiger partial charge on any atom is -0.247 e. The van der Waals surface area contributed by atoms with Crippen LogP contribution in [0.3, 0.4) is 0 Å². The standard InChI is InChI=1S/C23H21NS/c1-14-10-15(2)12-18(11-14)19-8-9-21-20(24-19)13-22(25-21)23-16(3)6-5-7-17(23)4/h5-13H,1-4H3. The fraction of sp³-hybridized carbons (Fsp3) is 0.174. The van der Waals surface area contributed by atoms with E-state index in [0.717, 1.165) is 11.2 Å². The highest BCUT2D eigenvalue weighted by molar-refractivity contribution is 7.22. The zero-order valence-electron chi connectivity index (χ0n) is 15.1. The van der Waals surface area contributed by atoms with E-state index >= 15 is 0 Å². The van der Waals surface area contributed by atoms with E-state index in [9.17, 15) is 0 Å². The van der Waals surface area contributed by atoms with Crippen molar-refractivity contribution in [3.8, 4) is 21.7 Å². The van der Waals surface area contributed by atoms with Crippen molar-refractivity contribution in [2.24, 2.45) is 0 Å². The summed E-state index contributed by atoms with van der Waals surface area (Å²) in [6.45, 7) is 8.64. The van der Waals surface area contributed by atoms with Crippen LogP contribution in [0.15, 0.2) is 54.6 Å². The Morgan fingerprint density at radius 1 is 0.760 bits per heavy atom. The van der Waals surface area contributed by atoms with Crippen LogP contribution in [-0.2, 0) is 0 Å². The van der Waals surface area contributed by atoms with E-state index in [1.165, 1.54) is 43.0 Å². The van der Waals surface area contributed by atoms with Crippen molar-refractivity contribution >= 4 is 21.6 Å². The molecular formula is C23H21NS. The number of fused-ring (bicyclic) bond motifs is 1. The van der Waals surface area contributed by atoms with Crippen molar-refractivity contribution in [2.45, 2.75) is 27.7 Å². The van der Waals surface area contributed by atoms with Crippen LogP contribution in [0, 0.1) is 27.7 Å². The number of benzene rings is 2. The first-order valence-electron chi connectivity index (χ1n) is 8.57. The molecule has 2 aromatic heterocycles. The number of aryl methyl sites for hydroxylation is 4. The molecule has 0 saturated carbocycles. The van der Waals surface area contributed by atoms with Gasteiger partial charge in [0.15, 0.2) is 0 Å². The third-order valence-electron chi connectivity index (χ3n) is 4.62. The normalized spacial score (nSPS) is 11.2. The lowest BCUT2D eigenvalue weighted by Crippen LogP contribution is -1.86. The average molecular weight is 343 g/mol. The molecule has 4 rings (SSSR count). The predicted octanol–water partition coefficient (Wildman–Crippen LogP) is 6.86. The van der Waals surface area contributed by atoms with Crippen LogP contribution < -0.4 is 0 Å². The third kappa shape index (κ3) is 2.98. The van der Waals surface area contributed by atoms with Crippen molar-refractivity contribution < 1.29 is 0 Å². The van der Waals surface area contributed by atoms with Crippen LogP contribution in [-0.4, -0.2) is 4.98 Å². The first kappa shape index (κ1) is 16.0. The van der Waals surface area contributed by atoms with Crippen molar-refractivity contribution in [3.63, 3.8) is 0 Å². The smallest absolute Gasteiger partial charge is 0.0823 e. The summed E-state index contributed by atoms with van der Waals surface area (Å²) >= 11 is 1.83. The van der Waals surface area contributed by atoms with E-state index < -0.39 is 0 Å². The Balaban J connectivity index is 1.85. The van der Waals surface area contributed by atoms with Crippen LogP contribution in [0.2, 0.25) is 0 Å². The lowest BCUT2D eigenvalue weighted by molar-refractivity contribution is 1.35. The molecule has 0 aliphatic rings. The second kappa shape index (κ2) is 6.12. The van der Waals surface area contributed by atoms with E-state index in [1.807, 2.05) is 11.3 Å². The topological polar surface area (TPSA) is 12.9 Å². The molecule has 0 spiro atoms. The number of pyridine rings is 1. The minimum atomic E-state index is 1.05. The molecule has 0 atom stereocenters. The first-order valence-corrected chi connectivity index (χ1v) is 9.39. The minimum absolute atomic E-state index is 1.05. The quantitative estimate of drug-likeness (QED) is 0.387. The fourth-order valence-electron chi connectivity index (χ4n) is 3.53. The Hall–Kier alpha value is -2.45. The van der Waals surface area contributed by atoms with E-state index in [-0.39, 0.29) is 0 Å².